The molecule has 0 unspecified atom stereocenters. The van der Waals surface area contributed by atoms with Crippen LogP contribution in [0.2, 0.25) is 5.02 Å². The zero-order chi connectivity index (χ0) is 13.2. The molecule has 0 aliphatic heterocycles. The standard InChI is InChI=1S/C14H16ClFO2/c15-11-7-5-6-10(12(11)16)14(13(17)18)8-3-1-2-4-9-14/h5-7H,1-4,8-9H2,(H,17,18). The number of aliphatic carboxylic acids is 1. The first-order chi connectivity index (χ1) is 8.58. The van der Waals surface area contributed by atoms with Gasteiger partial charge in [0.15, 0.2) is 0 Å². The van der Waals surface area contributed by atoms with Crippen LogP contribution in [0.3, 0.4) is 0 Å². The Morgan fingerprint density at radius 2 is 1.83 bits per heavy atom. The lowest BCUT2D eigenvalue weighted by atomic mass is 9.74. The molecule has 0 spiro atoms. The maximum atomic E-state index is 14.1. The molecule has 0 saturated heterocycles. The molecule has 18 heavy (non-hydrogen) atoms. The molecule has 1 N–H and O–H groups in total. The Bertz CT molecular complexity index is 451. The summed E-state index contributed by atoms with van der Waals surface area (Å²) in [6.45, 7) is 0. The van der Waals surface area contributed by atoms with Crippen molar-refractivity contribution in [1.82, 2.24) is 0 Å². The van der Waals surface area contributed by atoms with Crippen molar-refractivity contribution in [2.75, 3.05) is 0 Å². The van der Waals surface area contributed by atoms with Crippen LogP contribution in [0, 0.1) is 5.82 Å². The Balaban J connectivity index is 2.52. The summed E-state index contributed by atoms with van der Waals surface area (Å²) in [6, 6.07) is 4.63. The number of benzene rings is 1. The predicted molar refractivity (Wildman–Crippen MR) is 68.4 cm³/mol. The normalized spacial score (nSPS) is 19.2. The number of carboxylic acids is 1. The van der Waals surface area contributed by atoms with Crippen LogP contribution in [0.25, 0.3) is 0 Å². The summed E-state index contributed by atoms with van der Waals surface area (Å²) in [5.74, 6) is -1.52. The fourth-order valence-electron chi connectivity index (χ4n) is 2.80. The van der Waals surface area contributed by atoms with Crippen molar-refractivity contribution >= 4 is 17.6 Å². The average Bonchev–Trinajstić information content (AvgIpc) is 2.59. The third-order valence-electron chi connectivity index (χ3n) is 3.83. The van der Waals surface area contributed by atoms with Gasteiger partial charge in [-0.1, -0.05) is 49.4 Å². The van der Waals surface area contributed by atoms with E-state index in [1.807, 2.05) is 0 Å². The van der Waals surface area contributed by atoms with Gasteiger partial charge in [-0.15, -0.1) is 0 Å². The summed E-state index contributed by atoms with van der Waals surface area (Å²) in [5.41, 5.74) is -0.865. The fraction of sp³-hybridized carbons (Fsp3) is 0.500. The third kappa shape index (κ3) is 2.24. The van der Waals surface area contributed by atoms with E-state index in [1.54, 1.807) is 12.1 Å². The summed E-state index contributed by atoms with van der Waals surface area (Å²) in [7, 11) is 0. The number of carbonyl (C=O) groups is 1. The molecule has 1 aromatic carbocycles. The van der Waals surface area contributed by atoms with E-state index in [0.29, 0.717) is 12.8 Å². The zero-order valence-electron chi connectivity index (χ0n) is 10.1. The third-order valence-corrected chi connectivity index (χ3v) is 4.13. The average molecular weight is 271 g/mol. The summed E-state index contributed by atoms with van der Waals surface area (Å²) in [4.78, 5) is 11.7. The van der Waals surface area contributed by atoms with Gasteiger partial charge in [0.2, 0.25) is 0 Å². The molecular formula is C14H16ClFO2. The summed E-state index contributed by atoms with van der Waals surface area (Å²) in [5, 5.41) is 9.57. The van der Waals surface area contributed by atoms with Gasteiger partial charge >= 0.3 is 5.97 Å². The van der Waals surface area contributed by atoms with Crippen molar-refractivity contribution in [2.24, 2.45) is 0 Å². The van der Waals surface area contributed by atoms with E-state index in [4.69, 9.17) is 11.6 Å². The van der Waals surface area contributed by atoms with Crippen LogP contribution in [0.5, 0.6) is 0 Å². The first-order valence-corrected chi connectivity index (χ1v) is 6.63. The molecule has 0 amide bonds. The highest BCUT2D eigenvalue weighted by Crippen LogP contribution is 2.41. The summed E-state index contributed by atoms with van der Waals surface area (Å²) in [6.07, 6.45) is 4.63. The monoisotopic (exact) mass is 270 g/mol. The second-order valence-electron chi connectivity index (χ2n) is 4.90. The number of hydrogen-bond donors (Lipinski definition) is 1. The van der Waals surface area contributed by atoms with E-state index in [2.05, 4.69) is 0 Å². The Labute approximate surface area is 111 Å². The molecule has 1 fully saturated rings. The van der Waals surface area contributed by atoms with Gasteiger partial charge in [-0.05, 0) is 18.9 Å². The van der Waals surface area contributed by atoms with Crippen molar-refractivity contribution in [1.29, 1.82) is 0 Å². The topological polar surface area (TPSA) is 37.3 Å². The SMILES string of the molecule is O=C(O)C1(c2cccc(Cl)c2F)CCCCCC1. The van der Waals surface area contributed by atoms with Crippen molar-refractivity contribution in [3.63, 3.8) is 0 Å². The van der Waals surface area contributed by atoms with Crippen LogP contribution in [0.1, 0.15) is 44.1 Å². The molecule has 98 valence electrons. The molecule has 0 atom stereocenters. The predicted octanol–water partition coefficient (Wildman–Crippen LogP) is 4.16. The lowest BCUT2D eigenvalue weighted by molar-refractivity contribution is -0.144. The molecule has 4 heteroatoms. The van der Waals surface area contributed by atoms with Crippen LogP contribution in [-0.4, -0.2) is 11.1 Å². The minimum absolute atomic E-state index is 0.00243. The Kier molecular flexibility index (Phi) is 3.91. The largest absolute Gasteiger partial charge is 0.481 e. The second kappa shape index (κ2) is 5.27. The summed E-state index contributed by atoms with van der Waals surface area (Å²) >= 11 is 5.77. The first kappa shape index (κ1) is 13.3. The van der Waals surface area contributed by atoms with E-state index < -0.39 is 17.2 Å². The summed E-state index contributed by atoms with van der Waals surface area (Å²) < 4.78 is 14.1. The first-order valence-electron chi connectivity index (χ1n) is 6.26. The van der Waals surface area contributed by atoms with Crippen molar-refractivity contribution in [3.05, 3.63) is 34.6 Å². The molecule has 1 aliphatic carbocycles. The lowest BCUT2D eigenvalue weighted by Gasteiger charge is -2.29. The quantitative estimate of drug-likeness (QED) is 0.820. The molecule has 0 heterocycles. The maximum absolute atomic E-state index is 14.1. The van der Waals surface area contributed by atoms with Gasteiger partial charge in [0.25, 0.3) is 0 Å². The number of rotatable bonds is 2. The van der Waals surface area contributed by atoms with E-state index in [0.717, 1.165) is 25.7 Å². The molecule has 1 aliphatic rings. The van der Waals surface area contributed by atoms with E-state index in [9.17, 15) is 14.3 Å². The Morgan fingerprint density at radius 1 is 1.22 bits per heavy atom. The number of halogens is 2. The molecule has 1 saturated carbocycles. The van der Waals surface area contributed by atoms with Crippen LogP contribution in [0.4, 0.5) is 4.39 Å². The van der Waals surface area contributed by atoms with Gasteiger partial charge in [0.1, 0.15) is 5.82 Å². The molecule has 0 aromatic heterocycles. The number of carboxylic acid groups (broad SMARTS) is 1. The van der Waals surface area contributed by atoms with Gasteiger partial charge in [-0.25, -0.2) is 4.39 Å². The van der Waals surface area contributed by atoms with Crippen LogP contribution < -0.4 is 0 Å². The minimum atomic E-state index is -1.11. The molecular weight excluding hydrogens is 255 g/mol. The smallest absolute Gasteiger partial charge is 0.314 e. The molecule has 2 nitrogen and oxygen atoms in total. The van der Waals surface area contributed by atoms with Gasteiger partial charge in [-0.3, -0.25) is 4.79 Å². The Morgan fingerprint density at radius 3 is 2.39 bits per heavy atom. The Hall–Kier alpha value is -1.09. The van der Waals surface area contributed by atoms with Gasteiger partial charge in [-0.2, -0.15) is 0 Å². The van der Waals surface area contributed by atoms with E-state index in [1.165, 1.54) is 6.07 Å². The van der Waals surface area contributed by atoms with Gasteiger partial charge < -0.3 is 5.11 Å². The highest BCUT2D eigenvalue weighted by atomic mass is 35.5. The van der Waals surface area contributed by atoms with Gasteiger partial charge in [0, 0.05) is 5.56 Å². The lowest BCUT2D eigenvalue weighted by Crippen LogP contribution is -2.36. The zero-order valence-corrected chi connectivity index (χ0v) is 10.8. The van der Waals surface area contributed by atoms with E-state index in [-0.39, 0.29) is 10.6 Å². The minimum Gasteiger partial charge on any atom is -0.481 e. The van der Waals surface area contributed by atoms with Crippen molar-refractivity contribution < 1.29 is 14.3 Å². The maximum Gasteiger partial charge on any atom is 0.314 e. The highest BCUT2D eigenvalue weighted by Gasteiger charge is 2.42. The van der Waals surface area contributed by atoms with Gasteiger partial charge in [0.05, 0.1) is 10.4 Å². The van der Waals surface area contributed by atoms with E-state index >= 15 is 0 Å². The van der Waals surface area contributed by atoms with Crippen LogP contribution in [-0.2, 0) is 10.2 Å². The molecule has 0 radical (unpaired) electrons. The van der Waals surface area contributed by atoms with Crippen LogP contribution in [0.15, 0.2) is 18.2 Å². The highest BCUT2D eigenvalue weighted by molar-refractivity contribution is 6.30. The van der Waals surface area contributed by atoms with Crippen LogP contribution >= 0.6 is 11.6 Å². The molecule has 0 bridgehead atoms. The fourth-order valence-corrected chi connectivity index (χ4v) is 2.98. The molecule has 2 rings (SSSR count). The number of hydrogen-bond acceptors (Lipinski definition) is 1. The van der Waals surface area contributed by atoms with Crippen molar-refractivity contribution in [3.8, 4) is 0 Å². The molecule has 1 aromatic rings. The van der Waals surface area contributed by atoms with Crippen molar-refractivity contribution in [2.45, 2.75) is 43.9 Å². The second-order valence-corrected chi connectivity index (χ2v) is 5.31.